The van der Waals surface area contributed by atoms with Crippen LogP contribution in [-0.4, -0.2) is 29.9 Å². The molecular formula is C31H32FN3O3. The van der Waals surface area contributed by atoms with Crippen LogP contribution in [0.25, 0.3) is 10.9 Å². The standard InChI is InChI=1S/C31H32FN3O3/c1-38-26-17-11-21(12-18-26)30(31(37)34-24-7-3-2-4-8-24)35(25-15-13-23(32)14-16-25)29(36)19-22-20-33-28-10-6-5-9-27(22)28/h5-6,9-18,20,24,30,33H,2-4,7-8,19H2,1H3,(H,34,37)/t30-/m1/s1. The number of rotatable bonds is 8. The molecule has 6 nitrogen and oxygen atoms in total. The summed E-state index contributed by atoms with van der Waals surface area (Å²) in [5.41, 5.74) is 2.87. The van der Waals surface area contributed by atoms with Gasteiger partial charge in [0, 0.05) is 28.8 Å². The molecule has 1 atom stereocenters. The van der Waals surface area contributed by atoms with E-state index in [0.717, 1.165) is 42.1 Å². The molecule has 38 heavy (non-hydrogen) atoms. The molecule has 2 amide bonds. The molecule has 2 N–H and O–H groups in total. The number of hydrogen-bond acceptors (Lipinski definition) is 3. The van der Waals surface area contributed by atoms with Gasteiger partial charge in [0.25, 0.3) is 0 Å². The van der Waals surface area contributed by atoms with E-state index >= 15 is 0 Å². The van der Waals surface area contributed by atoms with Gasteiger partial charge in [-0.25, -0.2) is 4.39 Å². The molecule has 7 heteroatoms. The summed E-state index contributed by atoms with van der Waals surface area (Å²) in [5, 5.41) is 4.16. The van der Waals surface area contributed by atoms with Crippen LogP contribution in [-0.2, 0) is 16.0 Å². The molecule has 1 heterocycles. The Kier molecular flexibility index (Phi) is 7.73. The quantitative estimate of drug-likeness (QED) is 0.300. The highest BCUT2D eigenvalue weighted by atomic mass is 19.1. The third-order valence-corrected chi connectivity index (χ3v) is 7.28. The molecular weight excluding hydrogens is 481 g/mol. The van der Waals surface area contributed by atoms with Gasteiger partial charge >= 0.3 is 0 Å². The second kappa shape index (κ2) is 11.5. The number of anilines is 1. The van der Waals surface area contributed by atoms with E-state index in [2.05, 4.69) is 10.3 Å². The Bertz CT molecular complexity index is 1390. The number of carbonyl (C=O) groups excluding carboxylic acids is 2. The number of halogens is 1. The van der Waals surface area contributed by atoms with Crippen LogP contribution in [0.5, 0.6) is 5.75 Å². The summed E-state index contributed by atoms with van der Waals surface area (Å²) in [6.45, 7) is 0. The maximum Gasteiger partial charge on any atom is 0.248 e. The molecule has 4 aromatic rings. The largest absolute Gasteiger partial charge is 0.497 e. The molecule has 1 fully saturated rings. The van der Waals surface area contributed by atoms with Crippen molar-refractivity contribution in [2.75, 3.05) is 12.0 Å². The molecule has 0 unspecified atom stereocenters. The van der Waals surface area contributed by atoms with E-state index in [1.807, 2.05) is 30.5 Å². The lowest BCUT2D eigenvalue weighted by atomic mass is 9.94. The van der Waals surface area contributed by atoms with Gasteiger partial charge in [0.05, 0.1) is 13.5 Å². The number of amides is 2. The molecule has 3 aromatic carbocycles. The highest BCUT2D eigenvalue weighted by Gasteiger charge is 2.34. The summed E-state index contributed by atoms with van der Waals surface area (Å²) in [4.78, 5) is 32.8. The molecule has 1 aliphatic rings. The first-order valence-electron chi connectivity index (χ1n) is 13.1. The van der Waals surface area contributed by atoms with E-state index < -0.39 is 11.9 Å². The van der Waals surface area contributed by atoms with Crippen LogP contribution in [0.4, 0.5) is 10.1 Å². The SMILES string of the molecule is COc1ccc([C@H](C(=O)NC2CCCCC2)N(C(=O)Cc2c[nH]c3ccccc23)c2ccc(F)cc2)cc1. The highest BCUT2D eigenvalue weighted by molar-refractivity contribution is 6.03. The summed E-state index contributed by atoms with van der Waals surface area (Å²) in [6, 6.07) is 19.8. The second-order valence-electron chi connectivity index (χ2n) is 9.80. The first kappa shape index (κ1) is 25.5. The number of ether oxygens (including phenoxy) is 1. The van der Waals surface area contributed by atoms with E-state index in [1.54, 1.807) is 43.5 Å². The third-order valence-electron chi connectivity index (χ3n) is 7.28. The molecule has 0 bridgehead atoms. The second-order valence-corrected chi connectivity index (χ2v) is 9.80. The van der Waals surface area contributed by atoms with E-state index in [4.69, 9.17) is 4.74 Å². The van der Waals surface area contributed by atoms with Crippen LogP contribution >= 0.6 is 0 Å². The van der Waals surface area contributed by atoms with Crippen LogP contribution in [0.3, 0.4) is 0 Å². The smallest absolute Gasteiger partial charge is 0.248 e. The average Bonchev–Trinajstić information content (AvgIpc) is 3.35. The van der Waals surface area contributed by atoms with Crippen molar-refractivity contribution in [2.24, 2.45) is 0 Å². The van der Waals surface area contributed by atoms with Crippen LogP contribution < -0.4 is 15.0 Å². The number of nitrogens with one attached hydrogen (secondary N) is 2. The minimum atomic E-state index is -0.939. The Morgan fingerprint density at radius 3 is 2.42 bits per heavy atom. The lowest BCUT2D eigenvalue weighted by Gasteiger charge is -2.33. The summed E-state index contributed by atoms with van der Waals surface area (Å²) in [7, 11) is 1.58. The van der Waals surface area contributed by atoms with Crippen LogP contribution in [0, 0.1) is 5.82 Å². The van der Waals surface area contributed by atoms with Crippen LogP contribution in [0.2, 0.25) is 0 Å². The lowest BCUT2D eigenvalue weighted by Crippen LogP contribution is -2.47. The zero-order chi connectivity index (χ0) is 26.5. The van der Waals surface area contributed by atoms with Crippen molar-refractivity contribution in [1.82, 2.24) is 10.3 Å². The van der Waals surface area contributed by atoms with E-state index in [9.17, 15) is 14.0 Å². The zero-order valence-electron chi connectivity index (χ0n) is 21.5. The van der Waals surface area contributed by atoms with E-state index in [-0.39, 0.29) is 24.3 Å². The Morgan fingerprint density at radius 2 is 1.71 bits per heavy atom. The molecule has 1 aromatic heterocycles. The van der Waals surface area contributed by atoms with E-state index in [0.29, 0.717) is 17.0 Å². The maximum atomic E-state index is 14.1. The summed E-state index contributed by atoms with van der Waals surface area (Å²) < 4.78 is 19.2. The fraction of sp³-hybridized carbons (Fsp3) is 0.290. The minimum absolute atomic E-state index is 0.0655. The summed E-state index contributed by atoms with van der Waals surface area (Å²) in [6.07, 6.45) is 7.04. The van der Waals surface area contributed by atoms with E-state index in [1.165, 1.54) is 23.5 Å². The number of carbonyl (C=O) groups is 2. The molecule has 196 valence electrons. The van der Waals surface area contributed by atoms with Gasteiger partial charge in [0.1, 0.15) is 17.6 Å². The number of H-pyrrole nitrogens is 1. The number of para-hydroxylation sites is 1. The Hall–Kier alpha value is -4.13. The first-order valence-corrected chi connectivity index (χ1v) is 13.1. The fourth-order valence-electron chi connectivity index (χ4n) is 5.30. The van der Waals surface area contributed by atoms with Crippen molar-refractivity contribution in [3.05, 3.63) is 95.9 Å². The molecule has 0 aliphatic heterocycles. The number of nitrogens with zero attached hydrogens (tertiary/aromatic N) is 1. The van der Waals surface area contributed by atoms with Gasteiger partial charge in [-0.1, -0.05) is 49.6 Å². The van der Waals surface area contributed by atoms with Crippen molar-refractivity contribution in [3.8, 4) is 5.75 Å². The number of fused-ring (bicyclic) bond motifs is 1. The summed E-state index contributed by atoms with van der Waals surface area (Å²) >= 11 is 0. The number of benzene rings is 3. The molecule has 1 aliphatic carbocycles. The predicted molar refractivity (Wildman–Crippen MR) is 147 cm³/mol. The zero-order valence-corrected chi connectivity index (χ0v) is 21.5. The fourth-order valence-corrected chi connectivity index (χ4v) is 5.30. The van der Waals surface area contributed by atoms with Gasteiger partial charge in [-0.2, -0.15) is 0 Å². The molecule has 0 radical (unpaired) electrons. The molecule has 5 rings (SSSR count). The van der Waals surface area contributed by atoms with Crippen molar-refractivity contribution in [1.29, 1.82) is 0 Å². The average molecular weight is 514 g/mol. The topological polar surface area (TPSA) is 74.4 Å². The molecule has 0 spiro atoms. The van der Waals surface area contributed by atoms with Gasteiger partial charge in [-0.05, 0) is 66.4 Å². The van der Waals surface area contributed by atoms with Crippen molar-refractivity contribution >= 4 is 28.4 Å². The first-order chi connectivity index (χ1) is 18.5. The monoisotopic (exact) mass is 513 g/mol. The van der Waals surface area contributed by atoms with Gasteiger partial charge in [0.2, 0.25) is 11.8 Å². The highest BCUT2D eigenvalue weighted by Crippen LogP contribution is 2.32. The number of aromatic amines is 1. The summed E-state index contributed by atoms with van der Waals surface area (Å²) in [5.74, 6) is -0.274. The van der Waals surface area contributed by atoms with Gasteiger partial charge in [-0.3, -0.25) is 14.5 Å². The number of aromatic nitrogens is 1. The number of hydrogen-bond donors (Lipinski definition) is 2. The minimum Gasteiger partial charge on any atom is -0.497 e. The Morgan fingerprint density at radius 1 is 1.00 bits per heavy atom. The maximum absolute atomic E-state index is 14.1. The van der Waals surface area contributed by atoms with Crippen LogP contribution in [0.15, 0.2) is 79.0 Å². The van der Waals surface area contributed by atoms with Gasteiger partial charge in [-0.15, -0.1) is 0 Å². The van der Waals surface area contributed by atoms with Crippen molar-refractivity contribution < 1.29 is 18.7 Å². The predicted octanol–water partition coefficient (Wildman–Crippen LogP) is 6.08. The number of methoxy groups -OCH3 is 1. The third kappa shape index (κ3) is 5.57. The van der Waals surface area contributed by atoms with Gasteiger partial charge in [0.15, 0.2) is 0 Å². The van der Waals surface area contributed by atoms with Crippen molar-refractivity contribution in [2.45, 2.75) is 50.6 Å². The Balaban J connectivity index is 1.55. The molecule has 0 saturated heterocycles. The van der Waals surface area contributed by atoms with Gasteiger partial charge < -0.3 is 15.0 Å². The Labute approximate surface area is 221 Å². The lowest BCUT2D eigenvalue weighted by molar-refractivity contribution is -0.127. The molecule has 1 saturated carbocycles. The van der Waals surface area contributed by atoms with Crippen LogP contribution in [0.1, 0.15) is 49.3 Å². The normalized spacial score (nSPS) is 14.7. The van der Waals surface area contributed by atoms with Crippen molar-refractivity contribution in [3.63, 3.8) is 0 Å².